The highest BCUT2D eigenvalue weighted by Crippen LogP contribution is 2.27. The molecule has 0 atom stereocenters. The average Bonchev–Trinajstić information content (AvgIpc) is 2.60. The van der Waals surface area contributed by atoms with Crippen LogP contribution in [0.4, 0.5) is 10.1 Å². The molecule has 0 aliphatic carbocycles. The van der Waals surface area contributed by atoms with Gasteiger partial charge in [-0.2, -0.15) is 0 Å². The number of ether oxygens (including phenoxy) is 2. The summed E-state index contributed by atoms with van der Waals surface area (Å²) in [6.07, 6.45) is 0.551. The van der Waals surface area contributed by atoms with Crippen molar-refractivity contribution in [3.05, 3.63) is 64.0 Å². The van der Waals surface area contributed by atoms with E-state index in [2.05, 4.69) is 5.32 Å². The van der Waals surface area contributed by atoms with Crippen LogP contribution in [0.3, 0.4) is 0 Å². The van der Waals surface area contributed by atoms with Crippen molar-refractivity contribution in [2.24, 2.45) is 0 Å². The molecular weight excluding hydrogens is 331 g/mol. The van der Waals surface area contributed by atoms with Crippen molar-refractivity contribution in [3.63, 3.8) is 0 Å². The fourth-order valence-electron chi connectivity index (χ4n) is 2.19. The van der Waals surface area contributed by atoms with E-state index in [9.17, 15) is 19.3 Å². The van der Waals surface area contributed by atoms with Gasteiger partial charge in [-0.1, -0.05) is 18.2 Å². The normalized spacial score (nSPS) is 10.2. The first-order valence-electron chi connectivity index (χ1n) is 7.46. The lowest BCUT2D eigenvalue weighted by Crippen LogP contribution is -2.30. The van der Waals surface area contributed by atoms with Crippen LogP contribution in [0.1, 0.15) is 5.56 Å². The molecule has 0 fully saturated rings. The Morgan fingerprint density at radius 2 is 2.00 bits per heavy atom. The van der Waals surface area contributed by atoms with Gasteiger partial charge in [-0.25, -0.2) is 4.39 Å². The second kappa shape index (κ2) is 8.62. The van der Waals surface area contributed by atoms with Crippen LogP contribution in [0.25, 0.3) is 0 Å². The molecule has 1 amide bonds. The number of rotatable bonds is 8. The van der Waals surface area contributed by atoms with Crippen molar-refractivity contribution in [2.75, 3.05) is 20.3 Å². The van der Waals surface area contributed by atoms with E-state index in [1.165, 1.54) is 0 Å². The van der Waals surface area contributed by atoms with E-state index in [1.54, 1.807) is 7.11 Å². The highest BCUT2D eigenvalue weighted by atomic mass is 19.1. The summed E-state index contributed by atoms with van der Waals surface area (Å²) >= 11 is 0. The van der Waals surface area contributed by atoms with Crippen LogP contribution in [-0.4, -0.2) is 31.1 Å². The van der Waals surface area contributed by atoms with Crippen LogP contribution in [0.5, 0.6) is 11.5 Å². The highest BCUT2D eigenvalue weighted by Gasteiger charge is 2.17. The third-order valence-electron chi connectivity index (χ3n) is 3.39. The van der Waals surface area contributed by atoms with Gasteiger partial charge < -0.3 is 14.8 Å². The summed E-state index contributed by atoms with van der Waals surface area (Å²) < 4.78 is 23.5. The van der Waals surface area contributed by atoms with Crippen LogP contribution >= 0.6 is 0 Å². The molecule has 2 aromatic rings. The van der Waals surface area contributed by atoms with Gasteiger partial charge in [0.15, 0.2) is 6.61 Å². The number of halogens is 1. The summed E-state index contributed by atoms with van der Waals surface area (Å²) in [6, 6.07) is 10.2. The first-order chi connectivity index (χ1) is 12.0. The lowest BCUT2D eigenvalue weighted by atomic mass is 10.1. The summed E-state index contributed by atoms with van der Waals surface area (Å²) in [7, 11) is 1.57. The number of nitro groups is 1. The number of carbonyl (C=O) groups is 1. The van der Waals surface area contributed by atoms with E-state index in [0.29, 0.717) is 13.0 Å². The molecule has 0 saturated heterocycles. The quantitative estimate of drug-likeness (QED) is 0.585. The van der Waals surface area contributed by atoms with E-state index in [1.807, 2.05) is 24.3 Å². The topological polar surface area (TPSA) is 90.7 Å². The molecule has 7 nitrogen and oxygen atoms in total. The Balaban J connectivity index is 1.85. The van der Waals surface area contributed by atoms with Gasteiger partial charge in [-0.05, 0) is 24.1 Å². The molecule has 132 valence electrons. The summed E-state index contributed by atoms with van der Waals surface area (Å²) in [5, 5.41) is 13.5. The fourth-order valence-corrected chi connectivity index (χ4v) is 2.19. The van der Waals surface area contributed by atoms with Crippen molar-refractivity contribution >= 4 is 11.6 Å². The number of nitrogens with one attached hydrogen (secondary N) is 1. The monoisotopic (exact) mass is 348 g/mol. The third kappa shape index (κ3) is 5.17. The maximum absolute atomic E-state index is 13.2. The first-order valence-corrected chi connectivity index (χ1v) is 7.46. The van der Waals surface area contributed by atoms with E-state index in [-0.39, 0.29) is 5.75 Å². The standard InChI is InChI=1S/C17H17FN2O5/c1-24-15-5-3-2-4-12(15)8-9-19-17(21)11-25-16-10-13(18)6-7-14(16)20(22)23/h2-7,10H,8-9,11H2,1H3,(H,19,21). The summed E-state index contributed by atoms with van der Waals surface area (Å²) in [5.41, 5.74) is 0.537. The van der Waals surface area contributed by atoms with Gasteiger partial charge in [0.2, 0.25) is 5.75 Å². The second-order valence-corrected chi connectivity index (χ2v) is 5.07. The molecule has 2 aromatic carbocycles. The largest absolute Gasteiger partial charge is 0.496 e. The van der Waals surface area contributed by atoms with Crippen LogP contribution in [0, 0.1) is 15.9 Å². The molecule has 8 heteroatoms. The maximum Gasteiger partial charge on any atom is 0.311 e. The molecule has 1 N–H and O–H groups in total. The number of hydrogen-bond donors (Lipinski definition) is 1. The van der Waals surface area contributed by atoms with E-state index < -0.39 is 28.9 Å². The molecule has 0 spiro atoms. The van der Waals surface area contributed by atoms with Gasteiger partial charge in [0.05, 0.1) is 12.0 Å². The first kappa shape index (κ1) is 18.2. The number of amides is 1. The predicted molar refractivity (Wildman–Crippen MR) is 88.3 cm³/mol. The zero-order valence-corrected chi connectivity index (χ0v) is 13.5. The minimum Gasteiger partial charge on any atom is -0.496 e. The van der Waals surface area contributed by atoms with E-state index in [4.69, 9.17) is 9.47 Å². The molecule has 0 heterocycles. The Morgan fingerprint density at radius 1 is 1.24 bits per heavy atom. The summed E-state index contributed by atoms with van der Waals surface area (Å²) in [4.78, 5) is 22.0. The molecule has 0 radical (unpaired) electrons. The number of hydrogen-bond acceptors (Lipinski definition) is 5. The fraction of sp³-hybridized carbons (Fsp3) is 0.235. The Labute approximate surface area is 143 Å². The molecule has 25 heavy (non-hydrogen) atoms. The zero-order chi connectivity index (χ0) is 18.2. The molecule has 0 unspecified atom stereocenters. The van der Waals surface area contributed by atoms with Crippen molar-refractivity contribution in [1.29, 1.82) is 0 Å². The maximum atomic E-state index is 13.2. The smallest absolute Gasteiger partial charge is 0.311 e. The van der Waals surface area contributed by atoms with Gasteiger partial charge in [-0.15, -0.1) is 0 Å². The lowest BCUT2D eigenvalue weighted by Gasteiger charge is -2.10. The van der Waals surface area contributed by atoms with Gasteiger partial charge >= 0.3 is 5.69 Å². The van der Waals surface area contributed by atoms with Crippen molar-refractivity contribution in [2.45, 2.75) is 6.42 Å². The van der Waals surface area contributed by atoms with E-state index >= 15 is 0 Å². The lowest BCUT2D eigenvalue weighted by molar-refractivity contribution is -0.385. The molecule has 0 aliphatic rings. The van der Waals surface area contributed by atoms with Crippen LogP contribution in [0.15, 0.2) is 42.5 Å². The number of carbonyl (C=O) groups excluding carboxylic acids is 1. The predicted octanol–water partition coefficient (Wildman–Crippen LogP) is 2.48. The highest BCUT2D eigenvalue weighted by molar-refractivity contribution is 5.77. The van der Waals surface area contributed by atoms with Gasteiger partial charge in [0.1, 0.15) is 11.6 Å². The Hall–Kier alpha value is -3.16. The third-order valence-corrected chi connectivity index (χ3v) is 3.39. The molecule has 0 aliphatic heterocycles. The molecule has 0 aromatic heterocycles. The summed E-state index contributed by atoms with van der Waals surface area (Å²) in [5.74, 6) is -0.709. The second-order valence-electron chi connectivity index (χ2n) is 5.07. The van der Waals surface area contributed by atoms with Crippen LogP contribution in [0.2, 0.25) is 0 Å². The molecule has 2 rings (SSSR count). The molecule has 0 bridgehead atoms. The number of methoxy groups -OCH3 is 1. The zero-order valence-electron chi connectivity index (χ0n) is 13.5. The number of nitro benzene ring substituents is 1. The molecule has 0 saturated carbocycles. The van der Waals surface area contributed by atoms with Crippen LogP contribution < -0.4 is 14.8 Å². The van der Waals surface area contributed by atoms with Gasteiger partial charge in [0.25, 0.3) is 5.91 Å². The van der Waals surface area contributed by atoms with Gasteiger partial charge in [-0.3, -0.25) is 14.9 Å². The van der Waals surface area contributed by atoms with Crippen molar-refractivity contribution in [3.8, 4) is 11.5 Å². The number of para-hydroxylation sites is 1. The van der Waals surface area contributed by atoms with Crippen molar-refractivity contribution < 1.29 is 23.6 Å². The Kier molecular flexibility index (Phi) is 6.27. The SMILES string of the molecule is COc1ccccc1CCNC(=O)COc1cc(F)ccc1[N+](=O)[O-]. The van der Waals surface area contributed by atoms with Gasteiger partial charge in [0, 0.05) is 18.7 Å². The Bertz CT molecular complexity index is 766. The van der Waals surface area contributed by atoms with E-state index in [0.717, 1.165) is 29.5 Å². The number of nitrogens with zero attached hydrogens (tertiary/aromatic N) is 1. The minimum atomic E-state index is -0.700. The van der Waals surface area contributed by atoms with Crippen molar-refractivity contribution in [1.82, 2.24) is 5.32 Å². The minimum absolute atomic E-state index is 0.287. The Morgan fingerprint density at radius 3 is 2.72 bits per heavy atom. The van der Waals surface area contributed by atoms with Crippen LogP contribution in [-0.2, 0) is 11.2 Å². The molecular formula is C17H17FN2O5. The average molecular weight is 348 g/mol. The summed E-state index contributed by atoms with van der Waals surface area (Å²) in [6.45, 7) is -0.107. The number of benzene rings is 2.